The van der Waals surface area contributed by atoms with Gasteiger partial charge in [-0.25, -0.2) is 4.79 Å². The number of esters is 1. The fourth-order valence-electron chi connectivity index (χ4n) is 5.18. The van der Waals surface area contributed by atoms with Crippen molar-refractivity contribution < 1.29 is 28.7 Å². The van der Waals surface area contributed by atoms with E-state index in [1.165, 1.54) is 12.1 Å². The first-order valence-electron chi connectivity index (χ1n) is 12.6. The van der Waals surface area contributed by atoms with Crippen molar-refractivity contribution in [3.63, 3.8) is 0 Å². The molecule has 2 aromatic rings. The molecule has 2 aliphatic rings. The van der Waals surface area contributed by atoms with E-state index >= 15 is 0 Å². The van der Waals surface area contributed by atoms with Gasteiger partial charge in [-0.05, 0) is 44.4 Å². The van der Waals surface area contributed by atoms with Crippen molar-refractivity contribution >= 4 is 17.4 Å². The van der Waals surface area contributed by atoms with Crippen LogP contribution >= 0.6 is 0 Å². The van der Waals surface area contributed by atoms with Gasteiger partial charge in [0.15, 0.2) is 5.78 Å². The van der Waals surface area contributed by atoms with Crippen molar-refractivity contribution in [2.24, 2.45) is 0 Å². The lowest BCUT2D eigenvalue weighted by atomic mass is 9.71. The summed E-state index contributed by atoms with van der Waals surface area (Å²) in [6.45, 7) is 5.81. The number of nitro groups is 1. The second kappa shape index (κ2) is 11.6. The molecule has 2 aromatic carbocycles. The zero-order chi connectivity index (χ0) is 27.4. The van der Waals surface area contributed by atoms with Crippen molar-refractivity contribution in [2.75, 3.05) is 20.3 Å². The van der Waals surface area contributed by atoms with Crippen LogP contribution in [-0.2, 0) is 19.1 Å². The largest absolute Gasteiger partial charge is 0.496 e. The number of ether oxygens (including phenoxy) is 3. The normalized spacial score (nSPS) is 19.2. The van der Waals surface area contributed by atoms with Crippen LogP contribution in [0.15, 0.2) is 71.1 Å². The molecule has 9 nitrogen and oxygen atoms in total. The highest BCUT2D eigenvalue weighted by Gasteiger charge is 2.42. The molecule has 2 atom stereocenters. The van der Waals surface area contributed by atoms with Gasteiger partial charge in [0.05, 0.1) is 30.3 Å². The highest BCUT2D eigenvalue weighted by Crippen LogP contribution is 2.47. The molecule has 1 aliphatic heterocycles. The van der Waals surface area contributed by atoms with Crippen LogP contribution in [0.5, 0.6) is 5.75 Å². The van der Waals surface area contributed by atoms with Crippen molar-refractivity contribution in [2.45, 2.75) is 51.6 Å². The standard InChI is InChI=1S/C29H32N2O7/c1-17(2)37-12-13-38-29(33)26-18(3)30-23-15-20(22-10-5-6-11-25(22)36-4)16-24(32)28(23)27(26)19-8-7-9-21(14-19)31(34)35/h5-11,14,17,20,27,30H,12-13,15-16H2,1-4H3/t20-,27-/m1/s1. The van der Waals surface area contributed by atoms with Gasteiger partial charge < -0.3 is 19.5 Å². The number of dihydropyridines is 1. The fraction of sp³-hybridized carbons (Fsp3) is 0.379. The SMILES string of the molecule is COc1ccccc1[C@H]1CC(=O)C2=C(C1)NC(C)=C(C(=O)OCCOC(C)C)[C@H]2c1cccc([N+](=O)[O-])c1. The lowest BCUT2D eigenvalue weighted by Gasteiger charge is -2.37. The summed E-state index contributed by atoms with van der Waals surface area (Å²) < 4.78 is 16.5. The number of methoxy groups -OCH3 is 1. The number of para-hydroxylation sites is 1. The first-order valence-corrected chi connectivity index (χ1v) is 12.6. The number of allylic oxidation sites excluding steroid dienone is 3. The van der Waals surface area contributed by atoms with Gasteiger partial charge in [-0.1, -0.05) is 30.3 Å². The number of nitrogens with one attached hydrogen (secondary N) is 1. The summed E-state index contributed by atoms with van der Waals surface area (Å²) >= 11 is 0. The number of nitrogens with zero attached hydrogens (tertiary/aromatic N) is 1. The second-order valence-corrected chi connectivity index (χ2v) is 9.67. The maximum absolute atomic E-state index is 13.8. The van der Waals surface area contributed by atoms with Crippen LogP contribution < -0.4 is 10.1 Å². The van der Waals surface area contributed by atoms with Gasteiger partial charge in [0.1, 0.15) is 12.4 Å². The molecule has 0 fully saturated rings. The number of benzene rings is 2. The Hall–Kier alpha value is -3.98. The summed E-state index contributed by atoms with van der Waals surface area (Å²) in [4.78, 5) is 38.2. The van der Waals surface area contributed by atoms with Crippen LogP contribution in [0.2, 0.25) is 0 Å². The predicted molar refractivity (Wildman–Crippen MR) is 141 cm³/mol. The van der Waals surface area contributed by atoms with E-state index in [1.54, 1.807) is 26.2 Å². The summed E-state index contributed by atoms with van der Waals surface area (Å²) in [6, 6.07) is 13.7. The molecule has 0 radical (unpaired) electrons. The van der Waals surface area contributed by atoms with E-state index in [9.17, 15) is 19.7 Å². The van der Waals surface area contributed by atoms with Gasteiger partial charge in [0.2, 0.25) is 0 Å². The summed E-state index contributed by atoms with van der Waals surface area (Å²) in [5.74, 6) is -0.932. The predicted octanol–water partition coefficient (Wildman–Crippen LogP) is 4.93. The van der Waals surface area contributed by atoms with Crippen LogP contribution in [0.3, 0.4) is 0 Å². The monoisotopic (exact) mass is 520 g/mol. The Morgan fingerprint density at radius 2 is 1.89 bits per heavy atom. The van der Waals surface area contributed by atoms with Crippen LogP contribution in [-0.4, -0.2) is 43.1 Å². The molecular weight excluding hydrogens is 488 g/mol. The first kappa shape index (κ1) is 27.1. The number of carbonyl (C=O) groups excluding carboxylic acids is 2. The van der Waals surface area contributed by atoms with E-state index in [-0.39, 0.29) is 48.7 Å². The smallest absolute Gasteiger partial charge is 0.336 e. The number of hydrogen-bond donors (Lipinski definition) is 1. The number of nitro benzene ring substituents is 1. The number of carbonyl (C=O) groups is 2. The molecule has 0 amide bonds. The Bertz CT molecular complexity index is 1310. The van der Waals surface area contributed by atoms with Crippen LogP contribution in [0.1, 0.15) is 56.6 Å². The van der Waals surface area contributed by atoms with E-state index in [2.05, 4.69) is 5.32 Å². The van der Waals surface area contributed by atoms with Gasteiger partial charge in [-0.3, -0.25) is 14.9 Å². The Kier molecular flexibility index (Phi) is 8.26. The van der Waals surface area contributed by atoms with Crippen LogP contribution in [0.25, 0.3) is 0 Å². The van der Waals surface area contributed by atoms with Gasteiger partial charge in [0, 0.05) is 47.4 Å². The van der Waals surface area contributed by atoms with E-state index < -0.39 is 16.8 Å². The topological polar surface area (TPSA) is 117 Å². The molecule has 4 rings (SSSR count). The first-order chi connectivity index (χ1) is 18.2. The molecule has 0 unspecified atom stereocenters. The number of rotatable bonds is 9. The maximum atomic E-state index is 13.8. The summed E-state index contributed by atoms with van der Waals surface area (Å²) in [5.41, 5.74) is 3.25. The molecule has 0 saturated heterocycles. The average Bonchev–Trinajstić information content (AvgIpc) is 2.89. The molecule has 1 heterocycles. The van der Waals surface area contributed by atoms with E-state index in [0.717, 1.165) is 5.56 Å². The maximum Gasteiger partial charge on any atom is 0.336 e. The van der Waals surface area contributed by atoms with Gasteiger partial charge in [-0.2, -0.15) is 0 Å². The molecule has 200 valence electrons. The Balaban J connectivity index is 1.74. The van der Waals surface area contributed by atoms with Crippen molar-refractivity contribution in [1.29, 1.82) is 0 Å². The third-order valence-corrected chi connectivity index (χ3v) is 6.81. The third kappa shape index (κ3) is 5.62. The number of hydrogen-bond acceptors (Lipinski definition) is 8. The van der Waals surface area contributed by atoms with E-state index in [0.29, 0.717) is 34.7 Å². The van der Waals surface area contributed by atoms with E-state index in [4.69, 9.17) is 14.2 Å². The van der Waals surface area contributed by atoms with Crippen molar-refractivity contribution in [3.05, 3.63) is 92.3 Å². The Labute approximate surface area is 221 Å². The average molecular weight is 521 g/mol. The highest BCUT2D eigenvalue weighted by molar-refractivity contribution is 6.04. The zero-order valence-corrected chi connectivity index (χ0v) is 22.0. The molecule has 0 bridgehead atoms. The fourth-order valence-corrected chi connectivity index (χ4v) is 5.18. The van der Waals surface area contributed by atoms with E-state index in [1.807, 2.05) is 38.1 Å². The summed E-state index contributed by atoms with van der Waals surface area (Å²) in [5, 5.41) is 14.8. The van der Waals surface area contributed by atoms with Crippen molar-refractivity contribution in [3.8, 4) is 5.75 Å². The van der Waals surface area contributed by atoms with Gasteiger partial charge >= 0.3 is 5.97 Å². The minimum absolute atomic E-state index is 0.00706. The van der Waals surface area contributed by atoms with Gasteiger partial charge in [0.25, 0.3) is 5.69 Å². The number of Topliss-reactive ketones (excluding diaryl/α,β-unsaturated/α-hetero) is 1. The molecule has 0 aromatic heterocycles. The molecule has 1 N–H and O–H groups in total. The molecule has 38 heavy (non-hydrogen) atoms. The Morgan fingerprint density at radius 3 is 2.61 bits per heavy atom. The lowest BCUT2D eigenvalue weighted by molar-refractivity contribution is -0.384. The van der Waals surface area contributed by atoms with Crippen molar-refractivity contribution in [1.82, 2.24) is 5.32 Å². The minimum Gasteiger partial charge on any atom is -0.496 e. The third-order valence-electron chi connectivity index (χ3n) is 6.81. The summed E-state index contributed by atoms with van der Waals surface area (Å²) in [6.07, 6.45) is 0.734. The zero-order valence-electron chi connectivity index (χ0n) is 22.0. The number of non-ortho nitro benzene ring substituents is 1. The lowest BCUT2D eigenvalue weighted by Crippen LogP contribution is -2.36. The quantitative estimate of drug-likeness (QED) is 0.214. The molecule has 0 saturated carbocycles. The Morgan fingerprint density at radius 1 is 1.13 bits per heavy atom. The number of ketones is 1. The minimum atomic E-state index is -0.796. The molecular formula is C29H32N2O7. The summed E-state index contributed by atoms with van der Waals surface area (Å²) in [7, 11) is 1.60. The molecule has 9 heteroatoms. The van der Waals surface area contributed by atoms with Crippen LogP contribution in [0, 0.1) is 10.1 Å². The highest BCUT2D eigenvalue weighted by atomic mass is 16.6. The molecule has 0 spiro atoms. The second-order valence-electron chi connectivity index (χ2n) is 9.67. The van der Waals surface area contributed by atoms with Crippen LogP contribution in [0.4, 0.5) is 5.69 Å². The molecule has 1 aliphatic carbocycles. The van der Waals surface area contributed by atoms with Gasteiger partial charge in [-0.15, -0.1) is 0 Å².